The highest BCUT2D eigenvalue weighted by Crippen LogP contribution is 2.36. The standard InChI is InChI=1S/C19H20N2O2S2/c1-4-15(19(22)23-10-14-8-6-5-7-9-14)25-18-16-12(2)13(3)24-17(16)20-11-21-18/h5-9,11,15H,4,10H2,1-3H3/t15-/m1/s1. The first-order chi connectivity index (χ1) is 12.1. The van der Waals surface area contributed by atoms with Crippen LogP contribution < -0.4 is 0 Å². The molecule has 3 rings (SSSR count). The summed E-state index contributed by atoms with van der Waals surface area (Å²) >= 11 is 3.13. The molecule has 130 valence electrons. The maximum absolute atomic E-state index is 12.5. The highest BCUT2D eigenvalue weighted by atomic mass is 32.2. The topological polar surface area (TPSA) is 52.1 Å². The van der Waals surface area contributed by atoms with Crippen molar-refractivity contribution in [2.75, 3.05) is 0 Å². The molecule has 1 aromatic carbocycles. The van der Waals surface area contributed by atoms with E-state index in [9.17, 15) is 4.79 Å². The van der Waals surface area contributed by atoms with Crippen molar-refractivity contribution in [3.63, 3.8) is 0 Å². The molecule has 0 fully saturated rings. The zero-order valence-electron chi connectivity index (χ0n) is 14.5. The number of aryl methyl sites for hydroxylation is 2. The number of esters is 1. The van der Waals surface area contributed by atoms with E-state index in [1.165, 1.54) is 22.2 Å². The first-order valence-corrected chi connectivity index (χ1v) is 9.87. The monoisotopic (exact) mass is 372 g/mol. The third-order valence-corrected chi connectivity index (χ3v) is 6.50. The number of benzene rings is 1. The summed E-state index contributed by atoms with van der Waals surface area (Å²) in [5, 5.41) is 1.64. The molecule has 0 N–H and O–H groups in total. The van der Waals surface area contributed by atoms with Crippen LogP contribution in [0.15, 0.2) is 41.7 Å². The predicted molar refractivity (Wildman–Crippen MR) is 103 cm³/mol. The van der Waals surface area contributed by atoms with E-state index in [-0.39, 0.29) is 11.2 Å². The van der Waals surface area contributed by atoms with Crippen LogP contribution in [-0.4, -0.2) is 21.2 Å². The Morgan fingerprint density at radius 1 is 1.24 bits per heavy atom. The molecule has 0 saturated carbocycles. The molecule has 0 saturated heterocycles. The van der Waals surface area contributed by atoms with Gasteiger partial charge in [0.1, 0.15) is 28.0 Å². The van der Waals surface area contributed by atoms with Crippen molar-refractivity contribution < 1.29 is 9.53 Å². The first-order valence-electron chi connectivity index (χ1n) is 8.18. The average Bonchev–Trinajstić information content (AvgIpc) is 2.93. The lowest BCUT2D eigenvalue weighted by Gasteiger charge is -2.14. The van der Waals surface area contributed by atoms with Gasteiger partial charge in [0.25, 0.3) is 0 Å². The van der Waals surface area contributed by atoms with Crippen LogP contribution in [0.2, 0.25) is 0 Å². The molecule has 2 heterocycles. The second-order valence-electron chi connectivity index (χ2n) is 5.75. The number of carbonyl (C=O) groups excluding carboxylic acids is 1. The van der Waals surface area contributed by atoms with E-state index in [1.54, 1.807) is 17.7 Å². The van der Waals surface area contributed by atoms with Gasteiger partial charge in [0.15, 0.2) is 0 Å². The Hall–Kier alpha value is -1.92. The van der Waals surface area contributed by atoms with Crippen LogP contribution >= 0.6 is 23.1 Å². The first kappa shape index (κ1) is 17.9. The van der Waals surface area contributed by atoms with E-state index < -0.39 is 0 Å². The van der Waals surface area contributed by atoms with Crippen LogP contribution in [0.1, 0.15) is 29.3 Å². The molecule has 0 bridgehead atoms. The molecule has 0 spiro atoms. The van der Waals surface area contributed by atoms with Crippen molar-refractivity contribution in [1.82, 2.24) is 9.97 Å². The van der Waals surface area contributed by atoms with E-state index in [2.05, 4.69) is 23.8 Å². The van der Waals surface area contributed by atoms with Crippen molar-refractivity contribution in [3.8, 4) is 0 Å². The highest BCUT2D eigenvalue weighted by Gasteiger charge is 2.23. The summed E-state index contributed by atoms with van der Waals surface area (Å²) < 4.78 is 5.50. The number of rotatable bonds is 6. The normalized spacial score (nSPS) is 12.3. The maximum atomic E-state index is 12.5. The molecule has 0 aliphatic carbocycles. The van der Waals surface area contributed by atoms with Crippen molar-refractivity contribution in [2.24, 2.45) is 0 Å². The molecule has 0 amide bonds. The Balaban J connectivity index is 1.75. The van der Waals surface area contributed by atoms with Gasteiger partial charge in [0.05, 0.1) is 0 Å². The average molecular weight is 373 g/mol. The van der Waals surface area contributed by atoms with Crippen LogP contribution in [0.5, 0.6) is 0 Å². The van der Waals surface area contributed by atoms with E-state index in [4.69, 9.17) is 4.74 Å². The minimum absolute atomic E-state index is 0.201. The Kier molecular flexibility index (Phi) is 5.71. The molecular weight excluding hydrogens is 352 g/mol. The molecule has 25 heavy (non-hydrogen) atoms. The minimum atomic E-state index is -0.276. The number of thioether (sulfide) groups is 1. The Labute approximate surface area is 155 Å². The highest BCUT2D eigenvalue weighted by molar-refractivity contribution is 8.00. The SMILES string of the molecule is CC[C@@H](Sc1ncnc2sc(C)c(C)c12)C(=O)OCc1ccccc1. The quantitative estimate of drug-likeness (QED) is 0.349. The fraction of sp³-hybridized carbons (Fsp3) is 0.316. The zero-order chi connectivity index (χ0) is 17.8. The van der Waals surface area contributed by atoms with Crippen molar-refractivity contribution in [3.05, 3.63) is 52.7 Å². The Morgan fingerprint density at radius 2 is 2.00 bits per heavy atom. The number of carbonyl (C=O) groups is 1. The summed E-state index contributed by atoms with van der Waals surface area (Å²) in [7, 11) is 0. The lowest BCUT2D eigenvalue weighted by Crippen LogP contribution is -2.19. The molecule has 1 atom stereocenters. The summed E-state index contributed by atoms with van der Waals surface area (Å²) in [6.07, 6.45) is 2.26. The van der Waals surface area contributed by atoms with Gasteiger partial charge in [-0.25, -0.2) is 9.97 Å². The maximum Gasteiger partial charge on any atom is 0.319 e. The van der Waals surface area contributed by atoms with E-state index in [0.29, 0.717) is 13.0 Å². The number of aromatic nitrogens is 2. The molecule has 4 nitrogen and oxygen atoms in total. The van der Waals surface area contributed by atoms with E-state index in [0.717, 1.165) is 20.8 Å². The molecule has 6 heteroatoms. The fourth-order valence-corrected chi connectivity index (χ4v) is 4.63. The predicted octanol–water partition coefficient (Wildman–Crippen LogP) is 4.92. The summed E-state index contributed by atoms with van der Waals surface area (Å²) in [6.45, 7) is 6.45. The van der Waals surface area contributed by atoms with Gasteiger partial charge in [-0.2, -0.15) is 0 Å². The summed E-state index contributed by atoms with van der Waals surface area (Å²) in [5.41, 5.74) is 2.18. The third-order valence-electron chi connectivity index (χ3n) is 4.04. The van der Waals surface area contributed by atoms with Gasteiger partial charge in [-0.15, -0.1) is 11.3 Å². The molecule has 2 aromatic heterocycles. The minimum Gasteiger partial charge on any atom is -0.460 e. The van der Waals surface area contributed by atoms with Gasteiger partial charge < -0.3 is 4.74 Å². The lowest BCUT2D eigenvalue weighted by molar-refractivity contribution is -0.144. The number of ether oxygens (including phenoxy) is 1. The van der Waals surface area contributed by atoms with Gasteiger partial charge in [-0.3, -0.25) is 4.79 Å². The number of thiophene rings is 1. The second-order valence-corrected chi connectivity index (χ2v) is 8.14. The fourth-order valence-electron chi connectivity index (χ4n) is 2.49. The van der Waals surface area contributed by atoms with Crippen LogP contribution in [0.3, 0.4) is 0 Å². The summed E-state index contributed by atoms with van der Waals surface area (Å²) in [4.78, 5) is 23.5. The number of hydrogen-bond acceptors (Lipinski definition) is 6. The van der Waals surface area contributed by atoms with Gasteiger partial charge >= 0.3 is 5.97 Å². The largest absolute Gasteiger partial charge is 0.460 e. The van der Waals surface area contributed by atoms with Crippen LogP contribution in [0.25, 0.3) is 10.2 Å². The molecular formula is C19H20N2O2S2. The van der Waals surface area contributed by atoms with Crippen molar-refractivity contribution in [2.45, 2.75) is 44.1 Å². The van der Waals surface area contributed by atoms with Gasteiger partial charge in [-0.1, -0.05) is 49.0 Å². The van der Waals surface area contributed by atoms with Crippen LogP contribution in [0, 0.1) is 13.8 Å². The molecule has 0 unspecified atom stereocenters. The van der Waals surface area contributed by atoms with Gasteiger partial charge in [0, 0.05) is 10.3 Å². The van der Waals surface area contributed by atoms with Gasteiger partial charge in [-0.05, 0) is 31.4 Å². The molecule has 3 aromatic rings. The number of fused-ring (bicyclic) bond motifs is 1. The summed E-state index contributed by atoms with van der Waals surface area (Å²) in [5.74, 6) is -0.201. The Bertz CT molecular complexity index is 878. The Morgan fingerprint density at radius 3 is 2.72 bits per heavy atom. The zero-order valence-corrected chi connectivity index (χ0v) is 16.1. The molecule has 0 radical (unpaired) electrons. The molecule has 0 aliphatic rings. The van der Waals surface area contributed by atoms with Crippen molar-refractivity contribution >= 4 is 39.3 Å². The van der Waals surface area contributed by atoms with Gasteiger partial charge in [0.2, 0.25) is 0 Å². The summed E-state index contributed by atoms with van der Waals surface area (Å²) in [6, 6.07) is 9.73. The molecule has 0 aliphatic heterocycles. The van der Waals surface area contributed by atoms with Crippen LogP contribution in [-0.2, 0) is 16.1 Å². The lowest BCUT2D eigenvalue weighted by atomic mass is 10.2. The third kappa shape index (κ3) is 4.02. The van der Waals surface area contributed by atoms with E-state index >= 15 is 0 Å². The number of hydrogen-bond donors (Lipinski definition) is 0. The number of nitrogens with zero attached hydrogens (tertiary/aromatic N) is 2. The second kappa shape index (κ2) is 7.97. The van der Waals surface area contributed by atoms with Crippen molar-refractivity contribution in [1.29, 1.82) is 0 Å². The smallest absolute Gasteiger partial charge is 0.319 e. The van der Waals surface area contributed by atoms with E-state index in [1.807, 2.05) is 37.3 Å². The van der Waals surface area contributed by atoms with Crippen LogP contribution in [0.4, 0.5) is 0 Å².